The van der Waals surface area contributed by atoms with Gasteiger partial charge in [0, 0.05) is 39.3 Å². The molecule has 25 heavy (non-hydrogen) atoms. The zero-order chi connectivity index (χ0) is 17.2. The summed E-state index contributed by atoms with van der Waals surface area (Å²) >= 11 is 7.98. The number of hydrogen-bond acceptors (Lipinski definition) is 4. The molecule has 0 atom stereocenters. The van der Waals surface area contributed by atoms with E-state index in [-0.39, 0.29) is 0 Å². The summed E-state index contributed by atoms with van der Waals surface area (Å²) in [4.78, 5) is 8.45. The van der Waals surface area contributed by atoms with Crippen molar-refractivity contribution >= 4 is 39.5 Å². The number of fused-ring (bicyclic) bond motifs is 1. The minimum Gasteiger partial charge on any atom is -0.363 e. The molecule has 0 saturated heterocycles. The first kappa shape index (κ1) is 16.8. The van der Waals surface area contributed by atoms with Gasteiger partial charge >= 0.3 is 0 Å². The maximum Gasteiger partial charge on any atom is 0.0737 e. The van der Waals surface area contributed by atoms with Crippen molar-refractivity contribution in [3.05, 3.63) is 57.9 Å². The summed E-state index contributed by atoms with van der Waals surface area (Å²) in [5.41, 5.74) is 8.34. The lowest BCUT2D eigenvalue weighted by Gasteiger charge is -2.38. The fraction of sp³-hybridized carbons (Fsp3) is 0.350. The van der Waals surface area contributed by atoms with Crippen LogP contribution in [-0.4, -0.2) is 17.1 Å². The molecular formula is C20H22ClN3S. The number of nitrogens with zero attached hydrogens (tertiary/aromatic N) is 2. The van der Waals surface area contributed by atoms with Crippen LogP contribution in [-0.2, 0) is 6.54 Å². The van der Waals surface area contributed by atoms with Crippen molar-refractivity contribution in [1.29, 1.82) is 0 Å². The van der Waals surface area contributed by atoms with Crippen LogP contribution in [0, 0.1) is 0 Å². The summed E-state index contributed by atoms with van der Waals surface area (Å²) in [5, 5.41) is 4.04. The Kier molecular flexibility index (Phi) is 4.93. The number of thiophene rings is 1. The molecule has 3 nitrogen and oxygen atoms in total. The normalized spacial score (nSPS) is 20.7. The van der Waals surface area contributed by atoms with Crippen molar-refractivity contribution < 1.29 is 0 Å². The molecule has 2 heterocycles. The fourth-order valence-electron chi connectivity index (χ4n) is 3.75. The van der Waals surface area contributed by atoms with Crippen molar-refractivity contribution in [2.75, 3.05) is 4.90 Å². The first-order chi connectivity index (χ1) is 12.2. The van der Waals surface area contributed by atoms with Gasteiger partial charge < -0.3 is 10.6 Å². The lowest BCUT2D eigenvalue weighted by Crippen LogP contribution is -2.40. The molecule has 0 unspecified atom stereocenters. The number of rotatable bonds is 4. The number of anilines is 1. The highest BCUT2D eigenvalue weighted by atomic mass is 35.5. The molecule has 1 aromatic carbocycles. The minimum atomic E-state index is 0.354. The number of benzene rings is 1. The summed E-state index contributed by atoms with van der Waals surface area (Å²) in [6.45, 7) is 0.930. The first-order valence-electron chi connectivity index (χ1n) is 8.79. The molecule has 0 aliphatic heterocycles. The van der Waals surface area contributed by atoms with Crippen LogP contribution in [0.5, 0.6) is 0 Å². The Labute approximate surface area is 157 Å². The van der Waals surface area contributed by atoms with E-state index in [9.17, 15) is 0 Å². The molecular weight excluding hydrogens is 350 g/mol. The van der Waals surface area contributed by atoms with Crippen molar-refractivity contribution in [3.8, 4) is 0 Å². The van der Waals surface area contributed by atoms with Gasteiger partial charge in [-0.25, -0.2) is 0 Å². The summed E-state index contributed by atoms with van der Waals surface area (Å²) < 4.78 is 0. The quantitative estimate of drug-likeness (QED) is 0.683. The molecule has 1 saturated carbocycles. The van der Waals surface area contributed by atoms with Gasteiger partial charge in [0.25, 0.3) is 0 Å². The van der Waals surface area contributed by atoms with Gasteiger partial charge in [-0.05, 0) is 61.4 Å². The van der Waals surface area contributed by atoms with Crippen LogP contribution in [0.15, 0.2) is 48.0 Å². The summed E-state index contributed by atoms with van der Waals surface area (Å²) in [5.74, 6) is 0. The zero-order valence-electron chi connectivity index (χ0n) is 14.1. The zero-order valence-corrected chi connectivity index (χ0v) is 15.6. The van der Waals surface area contributed by atoms with E-state index < -0.39 is 0 Å². The average molecular weight is 372 g/mol. The molecule has 3 aromatic rings. The number of nitrogens with two attached hydrogens (primary N) is 1. The maximum atomic E-state index is 6.16. The number of aromatic nitrogens is 1. The van der Waals surface area contributed by atoms with Gasteiger partial charge in [0.1, 0.15) is 0 Å². The van der Waals surface area contributed by atoms with E-state index in [0.717, 1.165) is 42.8 Å². The molecule has 1 fully saturated rings. The highest BCUT2D eigenvalue weighted by Crippen LogP contribution is 2.34. The SMILES string of the molecule is NC1CCC(N(Cc2cccs2)c2ccnc3cc(Cl)ccc23)CC1. The average Bonchev–Trinajstić information content (AvgIpc) is 3.13. The number of hydrogen-bond donors (Lipinski definition) is 1. The second-order valence-electron chi connectivity index (χ2n) is 6.77. The van der Waals surface area contributed by atoms with Crippen molar-refractivity contribution in [2.24, 2.45) is 5.73 Å². The third-order valence-electron chi connectivity index (χ3n) is 5.08. The molecule has 0 amide bonds. The largest absolute Gasteiger partial charge is 0.363 e. The van der Waals surface area contributed by atoms with E-state index in [4.69, 9.17) is 17.3 Å². The van der Waals surface area contributed by atoms with Crippen LogP contribution in [0.4, 0.5) is 5.69 Å². The fourth-order valence-corrected chi connectivity index (χ4v) is 4.62. The van der Waals surface area contributed by atoms with E-state index in [1.807, 2.05) is 29.7 Å². The Hall–Kier alpha value is -1.62. The number of halogens is 1. The lowest BCUT2D eigenvalue weighted by molar-refractivity contribution is 0.375. The van der Waals surface area contributed by atoms with Crippen LogP contribution >= 0.6 is 22.9 Å². The third kappa shape index (κ3) is 3.66. The second kappa shape index (κ2) is 7.32. The molecule has 2 N–H and O–H groups in total. The summed E-state index contributed by atoms with van der Waals surface area (Å²) in [6.07, 6.45) is 6.37. The monoisotopic (exact) mass is 371 g/mol. The Bertz CT molecular complexity index is 841. The third-order valence-corrected chi connectivity index (χ3v) is 6.18. The van der Waals surface area contributed by atoms with Crippen LogP contribution in [0.2, 0.25) is 5.02 Å². The Morgan fingerprint density at radius 1 is 1.16 bits per heavy atom. The van der Waals surface area contributed by atoms with Gasteiger partial charge in [-0.3, -0.25) is 4.98 Å². The predicted octanol–water partition coefficient (Wildman–Crippen LogP) is 5.23. The van der Waals surface area contributed by atoms with Crippen molar-refractivity contribution in [1.82, 2.24) is 4.98 Å². The van der Waals surface area contributed by atoms with Crippen molar-refractivity contribution in [3.63, 3.8) is 0 Å². The molecule has 0 bridgehead atoms. The molecule has 0 spiro atoms. The van der Waals surface area contributed by atoms with Crippen LogP contribution in [0.25, 0.3) is 10.9 Å². The summed E-state index contributed by atoms with van der Waals surface area (Å²) in [7, 11) is 0. The Morgan fingerprint density at radius 2 is 2.00 bits per heavy atom. The predicted molar refractivity (Wildman–Crippen MR) is 107 cm³/mol. The van der Waals surface area contributed by atoms with Crippen LogP contribution in [0.3, 0.4) is 0 Å². The Morgan fingerprint density at radius 3 is 2.76 bits per heavy atom. The second-order valence-corrected chi connectivity index (χ2v) is 8.24. The van der Waals surface area contributed by atoms with Gasteiger partial charge in [-0.1, -0.05) is 17.7 Å². The molecule has 1 aliphatic carbocycles. The van der Waals surface area contributed by atoms with Gasteiger partial charge in [0.15, 0.2) is 0 Å². The topological polar surface area (TPSA) is 42.1 Å². The maximum absolute atomic E-state index is 6.16. The van der Waals surface area contributed by atoms with E-state index in [2.05, 4.69) is 39.5 Å². The van der Waals surface area contributed by atoms with Gasteiger partial charge in [0.2, 0.25) is 0 Å². The molecule has 4 rings (SSSR count). The van der Waals surface area contributed by atoms with E-state index in [1.165, 1.54) is 16.0 Å². The van der Waals surface area contributed by atoms with Gasteiger partial charge in [-0.2, -0.15) is 0 Å². The summed E-state index contributed by atoms with van der Waals surface area (Å²) in [6, 6.07) is 13.3. The molecule has 5 heteroatoms. The Balaban J connectivity index is 1.74. The van der Waals surface area contributed by atoms with Gasteiger partial charge in [-0.15, -0.1) is 11.3 Å². The molecule has 1 aliphatic rings. The van der Waals surface area contributed by atoms with E-state index >= 15 is 0 Å². The number of pyridine rings is 1. The van der Waals surface area contributed by atoms with Crippen LogP contribution < -0.4 is 10.6 Å². The molecule has 0 radical (unpaired) electrons. The highest BCUT2D eigenvalue weighted by molar-refractivity contribution is 7.09. The molecule has 130 valence electrons. The first-order valence-corrected chi connectivity index (χ1v) is 10.1. The smallest absolute Gasteiger partial charge is 0.0737 e. The highest BCUT2D eigenvalue weighted by Gasteiger charge is 2.26. The van der Waals surface area contributed by atoms with E-state index in [0.29, 0.717) is 12.1 Å². The van der Waals surface area contributed by atoms with Gasteiger partial charge in [0.05, 0.1) is 12.1 Å². The van der Waals surface area contributed by atoms with E-state index in [1.54, 1.807) is 0 Å². The van der Waals surface area contributed by atoms with Crippen LogP contribution in [0.1, 0.15) is 30.6 Å². The van der Waals surface area contributed by atoms with Crippen molar-refractivity contribution in [2.45, 2.75) is 44.3 Å². The minimum absolute atomic E-state index is 0.354. The standard InChI is InChI=1S/C20H22ClN3S/c21-14-3-8-18-19(12-14)23-10-9-20(18)24(13-17-2-1-11-25-17)16-6-4-15(22)5-7-16/h1-3,8-12,15-16H,4-7,13,22H2. The molecule has 2 aromatic heterocycles. The lowest BCUT2D eigenvalue weighted by atomic mass is 9.90.